The molecule has 1 aliphatic carbocycles. The lowest BCUT2D eigenvalue weighted by Crippen LogP contribution is -2.42. The molecule has 0 saturated heterocycles. The maximum Gasteiger partial charge on any atom is 0.191 e. The van der Waals surface area contributed by atoms with Crippen molar-refractivity contribution in [1.82, 2.24) is 15.5 Å². The fourth-order valence-corrected chi connectivity index (χ4v) is 4.47. The van der Waals surface area contributed by atoms with Crippen molar-refractivity contribution in [2.75, 3.05) is 26.4 Å². The zero-order valence-electron chi connectivity index (χ0n) is 16.5. The Hall–Kier alpha value is -1.27. The van der Waals surface area contributed by atoms with E-state index in [9.17, 15) is 4.39 Å². The summed E-state index contributed by atoms with van der Waals surface area (Å²) in [6.07, 6.45) is 3.68. The van der Waals surface area contributed by atoms with Crippen molar-refractivity contribution >= 4 is 17.7 Å². The molecule has 0 bridgehead atoms. The molecule has 4 nitrogen and oxygen atoms in total. The second-order valence-electron chi connectivity index (χ2n) is 7.09. The van der Waals surface area contributed by atoms with E-state index in [1.807, 2.05) is 31.1 Å². The zero-order valence-corrected chi connectivity index (χ0v) is 17.3. The van der Waals surface area contributed by atoms with E-state index in [-0.39, 0.29) is 5.82 Å². The molecule has 0 spiro atoms. The topological polar surface area (TPSA) is 39.7 Å². The summed E-state index contributed by atoms with van der Waals surface area (Å²) >= 11 is 2.06. The molecule has 2 rings (SSSR count). The Morgan fingerprint density at radius 3 is 2.81 bits per heavy atom. The van der Waals surface area contributed by atoms with Crippen molar-refractivity contribution in [2.24, 2.45) is 4.99 Å². The number of rotatable bonds is 8. The Balaban J connectivity index is 1.98. The molecule has 0 heterocycles. The molecule has 1 aromatic rings. The summed E-state index contributed by atoms with van der Waals surface area (Å²) in [7, 11) is 3.90. The molecular formula is C20H33FN4S. The number of aliphatic imine (C=N–C) groups is 1. The average Bonchev–Trinajstić information content (AvgIpc) is 3.02. The van der Waals surface area contributed by atoms with Crippen LogP contribution in [0.5, 0.6) is 0 Å². The van der Waals surface area contributed by atoms with Crippen LogP contribution in [-0.2, 0) is 13.1 Å². The molecule has 2 unspecified atom stereocenters. The lowest BCUT2D eigenvalue weighted by atomic mass is 10.1. The smallest absolute Gasteiger partial charge is 0.191 e. The normalized spacial score (nSPS) is 20.6. The predicted octanol–water partition coefficient (Wildman–Crippen LogP) is 3.62. The largest absolute Gasteiger partial charge is 0.357 e. The summed E-state index contributed by atoms with van der Waals surface area (Å²) in [5.74, 6) is 1.89. The first-order chi connectivity index (χ1) is 12.5. The SMILES string of the molecule is CCNC(=NCc1ccc(F)c(CN(C)C)c1)NC1CCC(SCC)C1. The molecule has 1 saturated carbocycles. The van der Waals surface area contributed by atoms with Crippen LogP contribution in [0.2, 0.25) is 0 Å². The Labute approximate surface area is 162 Å². The van der Waals surface area contributed by atoms with Crippen LogP contribution in [-0.4, -0.2) is 48.5 Å². The van der Waals surface area contributed by atoms with Gasteiger partial charge in [0.25, 0.3) is 0 Å². The van der Waals surface area contributed by atoms with Gasteiger partial charge < -0.3 is 15.5 Å². The van der Waals surface area contributed by atoms with Crippen LogP contribution >= 0.6 is 11.8 Å². The van der Waals surface area contributed by atoms with Gasteiger partial charge >= 0.3 is 0 Å². The monoisotopic (exact) mass is 380 g/mol. The average molecular weight is 381 g/mol. The Morgan fingerprint density at radius 2 is 2.12 bits per heavy atom. The van der Waals surface area contributed by atoms with Gasteiger partial charge in [-0.05, 0) is 63.7 Å². The fraction of sp³-hybridized carbons (Fsp3) is 0.650. The number of benzene rings is 1. The maximum atomic E-state index is 13.9. The van der Waals surface area contributed by atoms with Gasteiger partial charge in [0.2, 0.25) is 0 Å². The van der Waals surface area contributed by atoms with Gasteiger partial charge in [-0.3, -0.25) is 0 Å². The molecule has 2 N–H and O–H groups in total. The highest BCUT2D eigenvalue weighted by molar-refractivity contribution is 7.99. The van der Waals surface area contributed by atoms with Crippen LogP contribution < -0.4 is 10.6 Å². The molecule has 0 aromatic heterocycles. The molecule has 1 aromatic carbocycles. The summed E-state index contributed by atoms with van der Waals surface area (Å²) < 4.78 is 13.9. The molecule has 1 fully saturated rings. The minimum Gasteiger partial charge on any atom is -0.357 e. The first kappa shape index (κ1) is 21.0. The quantitative estimate of drug-likeness (QED) is 0.534. The number of thioether (sulfide) groups is 1. The van der Waals surface area contributed by atoms with E-state index in [1.54, 1.807) is 6.07 Å². The molecule has 146 valence electrons. The van der Waals surface area contributed by atoms with Crippen molar-refractivity contribution in [3.63, 3.8) is 0 Å². The van der Waals surface area contributed by atoms with Crippen LogP contribution in [0.1, 0.15) is 44.2 Å². The van der Waals surface area contributed by atoms with Crippen molar-refractivity contribution < 1.29 is 4.39 Å². The third-order valence-electron chi connectivity index (χ3n) is 4.49. The highest BCUT2D eigenvalue weighted by atomic mass is 32.2. The van der Waals surface area contributed by atoms with Gasteiger partial charge in [-0.1, -0.05) is 13.0 Å². The standard InChI is InChI=1S/C20H33FN4S/c1-5-22-20(24-17-8-9-18(12-17)26-6-2)23-13-15-7-10-19(21)16(11-15)14-25(3)4/h7,10-11,17-18H,5-6,8-9,12-14H2,1-4H3,(H2,22,23,24). The van der Waals surface area contributed by atoms with Crippen molar-refractivity contribution in [1.29, 1.82) is 0 Å². The number of guanidine groups is 1. The Bertz CT molecular complexity index is 591. The van der Waals surface area contributed by atoms with Gasteiger partial charge in [-0.25, -0.2) is 9.38 Å². The Kier molecular flexibility index (Phi) is 8.72. The summed E-state index contributed by atoms with van der Waals surface area (Å²) in [5.41, 5.74) is 1.75. The second-order valence-corrected chi connectivity index (χ2v) is 8.67. The summed E-state index contributed by atoms with van der Waals surface area (Å²) in [6, 6.07) is 5.79. The summed E-state index contributed by atoms with van der Waals surface area (Å²) in [5, 5.41) is 7.68. The van der Waals surface area contributed by atoms with E-state index >= 15 is 0 Å². The van der Waals surface area contributed by atoms with Crippen LogP contribution in [0.15, 0.2) is 23.2 Å². The van der Waals surface area contributed by atoms with Gasteiger partial charge in [0.05, 0.1) is 6.54 Å². The van der Waals surface area contributed by atoms with Gasteiger partial charge in [0.15, 0.2) is 5.96 Å². The number of hydrogen-bond donors (Lipinski definition) is 2. The van der Waals surface area contributed by atoms with E-state index in [4.69, 9.17) is 4.99 Å². The predicted molar refractivity (Wildman–Crippen MR) is 111 cm³/mol. The van der Waals surface area contributed by atoms with E-state index in [0.717, 1.165) is 28.9 Å². The molecule has 26 heavy (non-hydrogen) atoms. The number of halogens is 1. The van der Waals surface area contributed by atoms with Gasteiger partial charge in [-0.15, -0.1) is 0 Å². The van der Waals surface area contributed by atoms with Crippen molar-refractivity contribution in [2.45, 2.75) is 57.5 Å². The second kappa shape index (κ2) is 10.8. The molecule has 1 aliphatic rings. The van der Waals surface area contributed by atoms with E-state index < -0.39 is 0 Å². The molecule has 0 aliphatic heterocycles. The van der Waals surface area contributed by atoms with Gasteiger partial charge in [-0.2, -0.15) is 11.8 Å². The molecule has 6 heteroatoms. The molecule has 2 atom stereocenters. The molecule has 0 radical (unpaired) electrons. The minimum absolute atomic E-state index is 0.151. The lowest BCUT2D eigenvalue weighted by molar-refractivity contribution is 0.392. The molecular weight excluding hydrogens is 347 g/mol. The van der Waals surface area contributed by atoms with Crippen LogP contribution in [0.25, 0.3) is 0 Å². The third kappa shape index (κ3) is 6.80. The Morgan fingerprint density at radius 1 is 1.31 bits per heavy atom. The first-order valence-corrected chi connectivity index (χ1v) is 10.6. The number of hydrogen-bond acceptors (Lipinski definition) is 3. The summed E-state index contributed by atoms with van der Waals surface area (Å²) in [6.45, 7) is 6.29. The highest BCUT2D eigenvalue weighted by Crippen LogP contribution is 2.29. The van der Waals surface area contributed by atoms with E-state index in [0.29, 0.717) is 19.1 Å². The molecule has 0 amide bonds. The van der Waals surface area contributed by atoms with Crippen LogP contribution in [0.4, 0.5) is 4.39 Å². The van der Waals surface area contributed by atoms with E-state index in [1.165, 1.54) is 25.0 Å². The summed E-state index contributed by atoms with van der Waals surface area (Å²) in [4.78, 5) is 6.69. The van der Waals surface area contributed by atoms with Crippen molar-refractivity contribution in [3.8, 4) is 0 Å². The fourth-order valence-electron chi connectivity index (χ4n) is 3.33. The van der Waals surface area contributed by atoms with Crippen LogP contribution in [0.3, 0.4) is 0 Å². The van der Waals surface area contributed by atoms with Gasteiger partial charge in [0.1, 0.15) is 5.82 Å². The third-order valence-corrected chi connectivity index (χ3v) is 5.72. The highest BCUT2D eigenvalue weighted by Gasteiger charge is 2.25. The number of nitrogens with one attached hydrogen (secondary N) is 2. The van der Waals surface area contributed by atoms with Crippen LogP contribution in [0, 0.1) is 5.82 Å². The van der Waals surface area contributed by atoms with E-state index in [2.05, 4.69) is 36.2 Å². The van der Waals surface area contributed by atoms with Crippen molar-refractivity contribution in [3.05, 3.63) is 35.1 Å². The minimum atomic E-state index is -0.151. The first-order valence-electron chi connectivity index (χ1n) is 9.60. The lowest BCUT2D eigenvalue weighted by Gasteiger charge is -2.17. The zero-order chi connectivity index (χ0) is 18.9. The van der Waals surface area contributed by atoms with Gasteiger partial charge in [0, 0.05) is 29.9 Å². The maximum absolute atomic E-state index is 13.9. The number of nitrogens with zero attached hydrogens (tertiary/aromatic N) is 2.